The zero-order chi connectivity index (χ0) is 13.0. The molecule has 2 rings (SSSR count). The van der Waals surface area contributed by atoms with E-state index in [9.17, 15) is 8.78 Å². The Balaban J connectivity index is 2.18. The van der Waals surface area contributed by atoms with Crippen molar-refractivity contribution < 1.29 is 8.78 Å². The lowest BCUT2D eigenvalue weighted by Gasteiger charge is -2.13. The largest absolute Gasteiger partial charge is 0.329 e. The van der Waals surface area contributed by atoms with Gasteiger partial charge in [0, 0.05) is 17.6 Å². The number of hydrogen-bond acceptors (Lipinski definition) is 3. The van der Waals surface area contributed by atoms with Gasteiger partial charge in [0.15, 0.2) is 11.6 Å². The fourth-order valence-corrected chi connectivity index (χ4v) is 2.51. The Morgan fingerprint density at radius 1 is 1.17 bits per heavy atom. The second-order valence-electron chi connectivity index (χ2n) is 3.67. The molecule has 2 aromatic rings. The predicted octanol–water partition coefficient (Wildman–Crippen LogP) is 3.15. The summed E-state index contributed by atoms with van der Waals surface area (Å²) in [5, 5.41) is -0.0731. The maximum Gasteiger partial charge on any atom is 0.159 e. The highest BCUT2D eigenvalue weighted by atomic mass is 32.2. The molecule has 94 valence electrons. The minimum absolute atomic E-state index is 0.0731. The summed E-state index contributed by atoms with van der Waals surface area (Å²) < 4.78 is 25.9. The van der Waals surface area contributed by atoms with Crippen LogP contribution in [0.15, 0.2) is 47.5 Å². The van der Waals surface area contributed by atoms with Crippen molar-refractivity contribution in [2.24, 2.45) is 5.73 Å². The van der Waals surface area contributed by atoms with Gasteiger partial charge in [-0.05, 0) is 30.3 Å². The van der Waals surface area contributed by atoms with E-state index in [4.69, 9.17) is 5.73 Å². The Kier molecular flexibility index (Phi) is 4.28. The van der Waals surface area contributed by atoms with Crippen LogP contribution in [0.5, 0.6) is 0 Å². The van der Waals surface area contributed by atoms with Crippen LogP contribution in [0.25, 0.3) is 0 Å². The average Bonchev–Trinajstić information content (AvgIpc) is 2.41. The van der Waals surface area contributed by atoms with Crippen LogP contribution in [0.2, 0.25) is 0 Å². The van der Waals surface area contributed by atoms with Gasteiger partial charge in [-0.15, -0.1) is 11.8 Å². The first-order chi connectivity index (χ1) is 8.70. The van der Waals surface area contributed by atoms with Crippen molar-refractivity contribution in [1.29, 1.82) is 0 Å². The van der Waals surface area contributed by atoms with Gasteiger partial charge in [0.05, 0.1) is 10.9 Å². The summed E-state index contributed by atoms with van der Waals surface area (Å²) in [6.07, 6.45) is 1.68. The molecule has 0 fully saturated rings. The molecule has 1 aromatic carbocycles. The Bertz CT molecular complexity index is 520. The van der Waals surface area contributed by atoms with E-state index < -0.39 is 11.6 Å². The van der Waals surface area contributed by atoms with Gasteiger partial charge < -0.3 is 5.73 Å². The molecule has 0 aliphatic carbocycles. The van der Waals surface area contributed by atoms with E-state index >= 15 is 0 Å². The molecule has 1 heterocycles. The van der Waals surface area contributed by atoms with E-state index in [0.717, 1.165) is 11.8 Å². The highest BCUT2D eigenvalue weighted by Crippen LogP contribution is 2.33. The van der Waals surface area contributed by atoms with Crippen molar-refractivity contribution in [1.82, 2.24) is 4.98 Å². The molecule has 1 atom stereocenters. The molecule has 5 heteroatoms. The van der Waals surface area contributed by atoms with E-state index in [0.29, 0.717) is 11.4 Å². The van der Waals surface area contributed by atoms with Gasteiger partial charge in [0.1, 0.15) is 0 Å². The monoisotopic (exact) mass is 266 g/mol. The standard InChI is InChI=1S/C13H12F2N2S/c14-10-5-4-9(7-11(10)15)18-13(8-16)12-3-1-2-6-17-12/h1-7,13H,8,16H2. The Morgan fingerprint density at radius 3 is 2.61 bits per heavy atom. The minimum atomic E-state index is -0.850. The molecular formula is C13H12F2N2S. The Morgan fingerprint density at radius 2 is 2.00 bits per heavy atom. The molecule has 0 aliphatic rings. The molecule has 1 aromatic heterocycles. The van der Waals surface area contributed by atoms with E-state index in [1.54, 1.807) is 6.20 Å². The van der Waals surface area contributed by atoms with Gasteiger partial charge in [0.2, 0.25) is 0 Å². The number of nitrogens with two attached hydrogens (primary N) is 1. The van der Waals surface area contributed by atoms with Crippen molar-refractivity contribution in [2.45, 2.75) is 10.1 Å². The maximum absolute atomic E-state index is 13.1. The van der Waals surface area contributed by atoms with Gasteiger partial charge in [-0.25, -0.2) is 8.78 Å². The summed E-state index contributed by atoms with van der Waals surface area (Å²) in [6.45, 7) is 0.376. The molecule has 0 amide bonds. The minimum Gasteiger partial charge on any atom is -0.329 e. The van der Waals surface area contributed by atoms with E-state index in [-0.39, 0.29) is 5.25 Å². The van der Waals surface area contributed by atoms with Gasteiger partial charge in [-0.2, -0.15) is 0 Å². The summed E-state index contributed by atoms with van der Waals surface area (Å²) in [5.74, 6) is -1.70. The van der Waals surface area contributed by atoms with Crippen molar-refractivity contribution in [2.75, 3.05) is 6.54 Å². The summed E-state index contributed by atoms with van der Waals surface area (Å²) in [4.78, 5) is 4.85. The summed E-state index contributed by atoms with van der Waals surface area (Å²) in [6, 6.07) is 9.38. The molecule has 2 nitrogen and oxygen atoms in total. The third-order valence-electron chi connectivity index (χ3n) is 2.40. The highest BCUT2D eigenvalue weighted by molar-refractivity contribution is 7.99. The van der Waals surface area contributed by atoms with Crippen molar-refractivity contribution in [3.05, 3.63) is 59.9 Å². The van der Waals surface area contributed by atoms with Crippen LogP contribution in [0, 0.1) is 11.6 Å². The second-order valence-corrected chi connectivity index (χ2v) is 4.95. The number of halogens is 2. The van der Waals surface area contributed by atoms with E-state index in [1.165, 1.54) is 23.9 Å². The third-order valence-corrected chi connectivity index (χ3v) is 3.65. The molecule has 0 saturated heterocycles. The molecule has 1 unspecified atom stereocenters. The third kappa shape index (κ3) is 3.05. The highest BCUT2D eigenvalue weighted by Gasteiger charge is 2.13. The first-order valence-corrected chi connectivity index (χ1v) is 6.31. The maximum atomic E-state index is 13.1. The predicted molar refractivity (Wildman–Crippen MR) is 68.2 cm³/mol. The summed E-state index contributed by atoms with van der Waals surface area (Å²) in [7, 11) is 0. The van der Waals surface area contributed by atoms with E-state index in [2.05, 4.69) is 4.98 Å². The van der Waals surface area contributed by atoms with Crippen LogP contribution < -0.4 is 5.73 Å². The zero-order valence-corrected chi connectivity index (χ0v) is 10.3. The number of hydrogen-bond donors (Lipinski definition) is 1. The molecule has 0 bridgehead atoms. The Labute approximate surface area is 108 Å². The number of nitrogens with zero attached hydrogens (tertiary/aromatic N) is 1. The van der Waals surface area contributed by atoms with Gasteiger partial charge >= 0.3 is 0 Å². The lowest BCUT2D eigenvalue weighted by molar-refractivity contribution is 0.506. The number of rotatable bonds is 4. The van der Waals surface area contributed by atoms with Crippen LogP contribution >= 0.6 is 11.8 Å². The topological polar surface area (TPSA) is 38.9 Å². The zero-order valence-electron chi connectivity index (χ0n) is 9.51. The molecule has 2 N–H and O–H groups in total. The quantitative estimate of drug-likeness (QED) is 0.864. The number of pyridine rings is 1. The lowest BCUT2D eigenvalue weighted by Crippen LogP contribution is -2.10. The van der Waals surface area contributed by atoms with Crippen LogP contribution in [-0.4, -0.2) is 11.5 Å². The fraction of sp³-hybridized carbons (Fsp3) is 0.154. The van der Waals surface area contributed by atoms with Gasteiger partial charge in [-0.3, -0.25) is 4.98 Å². The molecule has 0 radical (unpaired) electrons. The van der Waals surface area contributed by atoms with Crippen LogP contribution in [0.1, 0.15) is 10.9 Å². The van der Waals surface area contributed by atoms with Crippen LogP contribution in [-0.2, 0) is 0 Å². The second kappa shape index (κ2) is 5.93. The van der Waals surface area contributed by atoms with Crippen molar-refractivity contribution in [3.63, 3.8) is 0 Å². The summed E-state index contributed by atoms with van der Waals surface area (Å²) >= 11 is 1.37. The van der Waals surface area contributed by atoms with E-state index in [1.807, 2.05) is 18.2 Å². The average molecular weight is 266 g/mol. The molecule has 18 heavy (non-hydrogen) atoms. The summed E-state index contributed by atoms with van der Waals surface area (Å²) in [5.41, 5.74) is 6.52. The molecule has 0 aliphatic heterocycles. The Hall–Kier alpha value is -1.46. The van der Waals surface area contributed by atoms with Crippen molar-refractivity contribution in [3.8, 4) is 0 Å². The molecule has 0 saturated carbocycles. The fourth-order valence-electron chi connectivity index (χ4n) is 1.51. The number of benzene rings is 1. The first kappa shape index (κ1) is 13.0. The smallest absolute Gasteiger partial charge is 0.159 e. The van der Waals surface area contributed by atoms with Crippen molar-refractivity contribution >= 4 is 11.8 Å². The molecule has 0 spiro atoms. The SMILES string of the molecule is NCC(Sc1ccc(F)c(F)c1)c1ccccn1. The van der Waals surface area contributed by atoms with Crippen LogP contribution in [0.4, 0.5) is 8.78 Å². The number of thioether (sulfide) groups is 1. The molecular weight excluding hydrogens is 254 g/mol. The van der Waals surface area contributed by atoms with Gasteiger partial charge in [0.25, 0.3) is 0 Å². The normalized spacial score (nSPS) is 12.4. The van der Waals surface area contributed by atoms with Gasteiger partial charge in [-0.1, -0.05) is 6.07 Å². The number of aromatic nitrogens is 1. The van der Waals surface area contributed by atoms with Crippen LogP contribution in [0.3, 0.4) is 0 Å². The first-order valence-electron chi connectivity index (χ1n) is 5.43. The lowest BCUT2D eigenvalue weighted by atomic mass is 10.3.